The van der Waals surface area contributed by atoms with E-state index in [0.29, 0.717) is 6.54 Å². The molecular formula is C19H20BrN3O2. The molecular weight excluding hydrogens is 382 g/mol. The first-order chi connectivity index (χ1) is 12.0. The Bertz CT molecular complexity index is 953. The Hall–Kier alpha value is -2.08. The highest BCUT2D eigenvalue weighted by Crippen LogP contribution is 2.33. The maximum Gasteiger partial charge on any atom is 0.230 e. The van der Waals surface area contributed by atoms with Crippen LogP contribution in [0.3, 0.4) is 0 Å². The molecule has 0 saturated heterocycles. The van der Waals surface area contributed by atoms with E-state index in [4.69, 9.17) is 4.52 Å². The molecule has 0 saturated carbocycles. The van der Waals surface area contributed by atoms with Gasteiger partial charge >= 0.3 is 0 Å². The fraction of sp³-hybridized carbons (Fsp3) is 0.368. The standard InChI is InChI=1S/C19H20BrN3O2/c1-10(17-11(2)22-25-12(17)3)19(24)23-8-7-16-14(9-23)13-5-4-6-15(20)18(13)21-16/h4-6,10,21H,7-9H2,1-3H3/t10-/m1/s1. The number of halogens is 1. The van der Waals surface area contributed by atoms with Crippen LogP contribution in [0, 0.1) is 13.8 Å². The van der Waals surface area contributed by atoms with Crippen LogP contribution in [0.4, 0.5) is 0 Å². The lowest BCUT2D eigenvalue weighted by Crippen LogP contribution is -2.38. The molecule has 1 atom stereocenters. The summed E-state index contributed by atoms with van der Waals surface area (Å²) in [7, 11) is 0. The Balaban J connectivity index is 1.65. The van der Waals surface area contributed by atoms with Crippen molar-refractivity contribution >= 4 is 32.7 Å². The van der Waals surface area contributed by atoms with Gasteiger partial charge in [-0.15, -0.1) is 0 Å². The SMILES string of the molecule is Cc1noc(C)c1[C@@H](C)C(=O)N1CCc2[nH]c3c(Br)cccc3c2C1. The maximum atomic E-state index is 13.1. The minimum absolute atomic E-state index is 0.129. The van der Waals surface area contributed by atoms with Gasteiger partial charge in [0.15, 0.2) is 0 Å². The topological polar surface area (TPSA) is 62.1 Å². The largest absolute Gasteiger partial charge is 0.361 e. The van der Waals surface area contributed by atoms with Gasteiger partial charge in [0.25, 0.3) is 0 Å². The first-order valence-electron chi connectivity index (χ1n) is 8.47. The van der Waals surface area contributed by atoms with E-state index in [-0.39, 0.29) is 11.8 Å². The van der Waals surface area contributed by atoms with Gasteiger partial charge in [-0.05, 0) is 42.8 Å². The number of rotatable bonds is 2. The van der Waals surface area contributed by atoms with Crippen molar-refractivity contribution in [2.24, 2.45) is 0 Å². The normalized spacial score (nSPS) is 15.4. The summed E-state index contributed by atoms with van der Waals surface area (Å²) in [5, 5.41) is 5.17. The van der Waals surface area contributed by atoms with Gasteiger partial charge < -0.3 is 14.4 Å². The average molecular weight is 402 g/mol. The number of carbonyl (C=O) groups excluding carboxylic acids is 1. The molecule has 0 fully saturated rings. The van der Waals surface area contributed by atoms with Crippen molar-refractivity contribution in [1.82, 2.24) is 15.0 Å². The van der Waals surface area contributed by atoms with E-state index in [9.17, 15) is 4.79 Å². The molecule has 0 unspecified atom stereocenters. The predicted octanol–water partition coefficient (Wildman–Crippen LogP) is 4.22. The number of aryl methyl sites for hydroxylation is 2. The molecule has 0 radical (unpaired) electrons. The number of nitrogens with one attached hydrogen (secondary N) is 1. The molecule has 3 heterocycles. The van der Waals surface area contributed by atoms with E-state index in [1.54, 1.807) is 0 Å². The van der Waals surface area contributed by atoms with E-state index in [2.05, 4.69) is 32.1 Å². The highest BCUT2D eigenvalue weighted by atomic mass is 79.9. The van der Waals surface area contributed by atoms with Crippen LogP contribution in [0.25, 0.3) is 10.9 Å². The highest BCUT2D eigenvalue weighted by molar-refractivity contribution is 9.10. The van der Waals surface area contributed by atoms with Crippen molar-refractivity contribution < 1.29 is 9.32 Å². The summed E-state index contributed by atoms with van der Waals surface area (Å²) < 4.78 is 6.29. The average Bonchev–Trinajstić information content (AvgIpc) is 3.14. The zero-order valence-electron chi connectivity index (χ0n) is 14.5. The molecule has 1 aliphatic rings. The summed E-state index contributed by atoms with van der Waals surface area (Å²) in [6, 6.07) is 6.18. The number of nitrogens with zero attached hydrogens (tertiary/aromatic N) is 2. The summed E-state index contributed by atoms with van der Waals surface area (Å²) in [5.41, 5.74) is 5.28. The second-order valence-electron chi connectivity index (χ2n) is 6.71. The number of fused-ring (bicyclic) bond motifs is 3. The van der Waals surface area contributed by atoms with Crippen molar-refractivity contribution in [2.45, 2.75) is 39.7 Å². The maximum absolute atomic E-state index is 13.1. The lowest BCUT2D eigenvalue weighted by molar-refractivity contribution is -0.133. The Morgan fingerprint density at radius 3 is 2.92 bits per heavy atom. The van der Waals surface area contributed by atoms with E-state index in [0.717, 1.165) is 40.0 Å². The number of aromatic nitrogens is 2. The van der Waals surface area contributed by atoms with Gasteiger partial charge in [0.1, 0.15) is 5.76 Å². The monoisotopic (exact) mass is 401 g/mol. The van der Waals surface area contributed by atoms with Crippen LogP contribution in [0.1, 0.15) is 41.1 Å². The first kappa shape index (κ1) is 16.4. The number of para-hydroxylation sites is 1. The molecule has 4 rings (SSSR count). The first-order valence-corrected chi connectivity index (χ1v) is 9.26. The number of carbonyl (C=O) groups is 1. The van der Waals surface area contributed by atoms with Crippen LogP contribution in [0.2, 0.25) is 0 Å². The number of amides is 1. The lowest BCUT2D eigenvalue weighted by atomic mass is 9.96. The molecule has 5 nitrogen and oxygen atoms in total. The smallest absolute Gasteiger partial charge is 0.230 e. The van der Waals surface area contributed by atoms with Crippen LogP contribution in [0.5, 0.6) is 0 Å². The summed E-state index contributed by atoms with van der Waals surface area (Å²) in [6.07, 6.45) is 0.844. The molecule has 25 heavy (non-hydrogen) atoms. The van der Waals surface area contributed by atoms with Crippen LogP contribution in [0.15, 0.2) is 27.2 Å². The molecule has 1 aromatic carbocycles. The molecule has 2 aromatic heterocycles. The highest BCUT2D eigenvalue weighted by Gasteiger charge is 2.30. The van der Waals surface area contributed by atoms with Crippen molar-refractivity contribution in [2.75, 3.05) is 6.54 Å². The van der Waals surface area contributed by atoms with Crippen LogP contribution < -0.4 is 0 Å². The molecule has 0 bridgehead atoms. The van der Waals surface area contributed by atoms with Crippen molar-refractivity contribution in [3.05, 3.63) is 50.9 Å². The van der Waals surface area contributed by atoms with Gasteiger partial charge in [-0.1, -0.05) is 17.3 Å². The van der Waals surface area contributed by atoms with Crippen LogP contribution in [-0.2, 0) is 17.8 Å². The molecule has 130 valence electrons. The summed E-state index contributed by atoms with van der Waals surface area (Å²) in [4.78, 5) is 18.5. The Kier molecular flexibility index (Phi) is 3.95. The zero-order chi connectivity index (χ0) is 17.7. The van der Waals surface area contributed by atoms with Crippen LogP contribution >= 0.6 is 15.9 Å². The summed E-state index contributed by atoms with van der Waals surface area (Å²) >= 11 is 3.60. The van der Waals surface area contributed by atoms with Gasteiger partial charge in [-0.3, -0.25) is 4.79 Å². The fourth-order valence-electron chi connectivity index (χ4n) is 3.90. The van der Waals surface area contributed by atoms with E-state index in [1.165, 1.54) is 16.6 Å². The minimum atomic E-state index is -0.246. The molecule has 3 aromatic rings. The number of hydrogen-bond donors (Lipinski definition) is 1. The number of aromatic amines is 1. The molecule has 0 spiro atoms. The van der Waals surface area contributed by atoms with Gasteiger partial charge in [0.05, 0.1) is 17.1 Å². The van der Waals surface area contributed by atoms with Gasteiger partial charge in [-0.25, -0.2) is 0 Å². The summed E-state index contributed by atoms with van der Waals surface area (Å²) in [6.45, 7) is 7.06. The second kappa shape index (κ2) is 6.02. The molecule has 6 heteroatoms. The summed E-state index contributed by atoms with van der Waals surface area (Å²) in [5.74, 6) is 0.612. The predicted molar refractivity (Wildman–Crippen MR) is 99.5 cm³/mol. The van der Waals surface area contributed by atoms with Crippen molar-refractivity contribution in [3.63, 3.8) is 0 Å². The van der Waals surface area contributed by atoms with Gasteiger partial charge in [0.2, 0.25) is 5.91 Å². The Morgan fingerprint density at radius 2 is 2.20 bits per heavy atom. The third kappa shape index (κ3) is 2.59. The molecule has 0 aliphatic carbocycles. The Morgan fingerprint density at radius 1 is 1.40 bits per heavy atom. The van der Waals surface area contributed by atoms with Crippen molar-refractivity contribution in [1.29, 1.82) is 0 Å². The van der Waals surface area contributed by atoms with Crippen molar-refractivity contribution in [3.8, 4) is 0 Å². The molecule has 1 N–H and O–H groups in total. The number of H-pyrrole nitrogens is 1. The Labute approximate surface area is 154 Å². The van der Waals surface area contributed by atoms with E-state index in [1.807, 2.05) is 37.8 Å². The molecule has 1 amide bonds. The van der Waals surface area contributed by atoms with Crippen LogP contribution in [-0.4, -0.2) is 27.5 Å². The van der Waals surface area contributed by atoms with E-state index < -0.39 is 0 Å². The minimum Gasteiger partial charge on any atom is -0.361 e. The quantitative estimate of drug-likeness (QED) is 0.698. The lowest BCUT2D eigenvalue weighted by Gasteiger charge is -2.29. The number of benzene rings is 1. The zero-order valence-corrected chi connectivity index (χ0v) is 16.1. The fourth-order valence-corrected chi connectivity index (χ4v) is 4.36. The second-order valence-corrected chi connectivity index (χ2v) is 7.57. The van der Waals surface area contributed by atoms with Gasteiger partial charge in [0, 0.05) is 46.2 Å². The van der Waals surface area contributed by atoms with E-state index >= 15 is 0 Å². The molecule has 1 aliphatic heterocycles. The third-order valence-corrected chi connectivity index (χ3v) is 5.82. The third-order valence-electron chi connectivity index (χ3n) is 5.16. The number of hydrogen-bond acceptors (Lipinski definition) is 3. The van der Waals surface area contributed by atoms with Gasteiger partial charge in [-0.2, -0.15) is 0 Å².